The predicted molar refractivity (Wildman–Crippen MR) is 57.2 cm³/mol. The second kappa shape index (κ2) is 7.16. The number of para-hydroxylation sites is 1. The third-order valence-electron chi connectivity index (χ3n) is 2.20. The summed E-state index contributed by atoms with van der Waals surface area (Å²) < 4.78 is 44.2. The van der Waals surface area contributed by atoms with Crippen LogP contribution in [0.3, 0.4) is 0 Å². The van der Waals surface area contributed by atoms with E-state index in [0.717, 1.165) is 5.39 Å². The number of hydrogen-bond donors (Lipinski definition) is 1. The van der Waals surface area contributed by atoms with Gasteiger partial charge in [-0.1, -0.05) is 18.2 Å². The first-order chi connectivity index (χ1) is 9.72. The number of carbonyl (C=O) groups is 1. The molecule has 21 heavy (non-hydrogen) atoms. The van der Waals surface area contributed by atoms with Gasteiger partial charge in [0.25, 0.3) is 0 Å². The quantitative estimate of drug-likeness (QED) is 0.547. The molecule has 0 aliphatic heterocycles. The number of halogens is 1. The lowest BCUT2D eigenvalue weighted by molar-refractivity contribution is -2.00. The molecule has 0 spiro atoms. The van der Waals surface area contributed by atoms with Crippen LogP contribution in [0.25, 0.3) is 11.0 Å². The van der Waals surface area contributed by atoms with E-state index in [1.54, 1.807) is 19.1 Å². The van der Waals surface area contributed by atoms with Crippen molar-refractivity contribution < 1.29 is 48.2 Å². The van der Waals surface area contributed by atoms with E-state index in [1.807, 2.05) is 18.2 Å². The van der Waals surface area contributed by atoms with Crippen molar-refractivity contribution in [3.05, 3.63) is 41.4 Å². The number of carbonyl (C=O) groups excluding carboxylic acids is 1. The Morgan fingerprint density at radius 3 is 2.43 bits per heavy atom. The SMILES string of the molecule is CCOC(=O)c1cc2ccccc2oc1=[NH2+].[O-][Cl+3]([O-])([O-])[O-]. The summed E-state index contributed by atoms with van der Waals surface area (Å²) in [7, 11) is -4.94. The maximum Gasteiger partial charge on any atom is 0.379 e. The molecule has 114 valence electrons. The van der Waals surface area contributed by atoms with Gasteiger partial charge in [0.05, 0.1) is 6.61 Å². The Kier molecular flexibility index (Phi) is 5.82. The van der Waals surface area contributed by atoms with Crippen molar-refractivity contribution in [1.82, 2.24) is 0 Å². The molecular weight excluding hydrogens is 306 g/mol. The van der Waals surface area contributed by atoms with Crippen LogP contribution in [0.4, 0.5) is 0 Å². The van der Waals surface area contributed by atoms with E-state index in [0.29, 0.717) is 12.2 Å². The Balaban J connectivity index is 0.000000383. The van der Waals surface area contributed by atoms with Gasteiger partial charge in [-0.25, -0.2) is 28.8 Å². The molecule has 0 saturated heterocycles. The first-order valence-corrected chi connectivity index (χ1v) is 6.86. The molecule has 8 nitrogen and oxygen atoms in total. The van der Waals surface area contributed by atoms with E-state index in [4.69, 9.17) is 33.2 Å². The maximum atomic E-state index is 11.5. The normalized spacial score (nSPS) is 10.7. The number of nitrogens with two attached hydrogens (primary N) is 1. The van der Waals surface area contributed by atoms with Gasteiger partial charge >= 0.3 is 11.5 Å². The summed E-state index contributed by atoms with van der Waals surface area (Å²) in [5.41, 5.74) is 0.991. The standard InChI is InChI=1S/C12H11NO3.ClHO4/c1-2-15-12(14)9-7-8-5-3-4-6-10(8)16-11(9)13;2-1(3,4)5/h3-7,13H,2H2,1H3;(H,2,3,4,5). The Hall–Kier alpha value is -1.97. The van der Waals surface area contributed by atoms with E-state index >= 15 is 0 Å². The largest absolute Gasteiger partial charge is 0.462 e. The molecule has 0 aliphatic carbocycles. The number of ether oxygens (including phenoxy) is 1. The molecule has 1 aromatic heterocycles. The van der Waals surface area contributed by atoms with Gasteiger partial charge in [0.2, 0.25) is 0 Å². The molecule has 0 saturated carbocycles. The van der Waals surface area contributed by atoms with Gasteiger partial charge in [0.15, 0.2) is 5.56 Å². The Morgan fingerprint density at radius 2 is 1.86 bits per heavy atom. The van der Waals surface area contributed by atoms with Crippen LogP contribution in [0.5, 0.6) is 0 Å². The van der Waals surface area contributed by atoms with E-state index in [9.17, 15) is 4.79 Å². The Morgan fingerprint density at radius 1 is 1.29 bits per heavy atom. The van der Waals surface area contributed by atoms with Crippen molar-refractivity contribution in [3.63, 3.8) is 0 Å². The number of esters is 1. The van der Waals surface area contributed by atoms with Crippen molar-refractivity contribution in [2.24, 2.45) is 0 Å². The zero-order chi connectivity index (χ0) is 16.0. The molecule has 0 radical (unpaired) electrons. The third-order valence-corrected chi connectivity index (χ3v) is 2.20. The fourth-order valence-electron chi connectivity index (χ4n) is 1.46. The van der Waals surface area contributed by atoms with Gasteiger partial charge in [-0.15, -0.1) is 10.2 Å². The fraction of sp³-hybridized carbons (Fsp3) is 0.167. The van der Waals surface area contributed by atoms with Crippen LogP contribution in [-0.4, -0.2) is 12.6 Å². The minimum absolute atomic E-state index is 0.0807. The van der Waals surface area contributed by atoms with Crippen LogP contribution in [0.1, 0.15) is 17.3 Å². The minimum Gasteiger partial charge on any atom is -0.462 e. The smallest absolute Gasteiger partial charge is 0.379 e. The topological polar surface area (TPSA) is 157 Å². The lowest BCUT2D eigenvalue weighted by Gasteiger charge is -2.17. The molecule has 0 aliphatic rings. The van der Waals surface area contributed by atoms with E-state index < -0.39 is 16.2 Å². The summed E-state index contributed by atoms with van der Waals surface area (Å²) in [4.78, 5) is 11.5. The highest BCUT2D eigenvalue weighted by molar-refractivity contribution is 5.92. The van der Waals surface area contributed by atoms with Crippen LogP contribution < -0.4 is 29.6 Å². The van der Waals surface area contributed by atoms with Crippen LogP contribution in [0.2, 0.25) is 0 Å². The van der Waals surface area contributed by atoms with Crippen molar-refractivity contribution in [1.29, 1.82) is 0 Å². The maximum absolute atomic E-state index is 11.5. The molecule has 0 unspecified atom stereocenters. The van der Waals surface area contributed by atoms with Crippen molar-refractivity contribution in [2.75, 3.05) is 6.61 Å². The van der Waals surface area contributed by atoms with Crippen molar-refractivity contribution in [3.8, 4) is 0 Å². The molecular formula is C12H12ClNO7. The second-order valence-electron chi connectivity index (χ2n) is 3.66. The summed E-state index contributed by atoms with van der Waals surface area (Å²) >= 11 is 0. The second-order valence-corrected chi connectivity index (χ2v) is 4.42. The van der Waals surface area contributed by atoms with Gasteiger partial charge in [0.1, 0.15) is 5.58 Å². The molecule has 1 aromatic carbocycles. The molecule has 9 heteroatoms. The highest BCUT2D eigenvalue weighted by Crippen LogP contribution is 2.12. The molecule has 0 amide bonds. The number of rotatable bonds is 2. The van der Waals surface area contributed by atoms with Gasteiger partial charge in [0, 0.05) is 5.39 Å². The summed E-state index contributed by atoms with van der Waals surface area (Å²) in [5, 5.41) is 6.47. The first-order valence-electron chi connectivity index (χ1n) is 5.62. The Bertz CT molecular complexity index is 671. The van der Waals surface area contributed by atoms with Gasteiger partial charge in [-0.3, -0.25) is 0 Å². The van der Waals surface area contributed by atoms with Gasteiger partial charge in [-0.05, 0) is 19.1 Å². The summed E-state index contributed by atoms with van der Waals surface area (Å²) in [6.07, 6.45) is 0. The third kappa shape index (κ3) is 5.90. The molecule has 0 fully saturated rings. The monoisotopic (exact) mass is 317 g/mol. The average Bonchev–Trinajstić information content (AvgIpc) is 2.36. The number of benzene rings is 1. The lowest BCUT2D eigenvalue weighted by atomic mass is 10.2. The van der Waals surface area contributed by atoms with E-state index in [1.165, 1.54) is 0 Å². The van der Waals surface area contributed by atoms with E-state index in [-0.39, 0.29) is 11.1 Å². The average molecular weight is 318 g/mol. The van der Waals surface area contributed by atoms with Gasteiger partial charge in [-0.2, -0.15) is 0 Å². The predicted octanol–water partition coefficient (Wildman–Crippen LogP) is -4.49. The molecule has 0 bridgehead atoms. The molecule has 2 aromatic rings. The molecule has 1 heterocycles. The van der Waals surface area contributed by atoms with E-state index in [2.05, 4.69) is 0 Å². The molecule has 0 atom stereocenters. The lowest BCUT2D eigenvalue weighted by Crippen LogP contribution is -2.68. The van der Waals surface area contributed by atoms with Gasteiger partial charge < -0.3 is 9.15 Å². The number of hydrogen-bond acceptors (Lipinski definition) is 7. The minimum atomic E-state index is -4.94. The Labute approximate surface area is 121 Å². The summed E-state index contributed by atoms with van der Waals surface area (Å²) in [6, 6.07) is 9.02. The summed E-state index contributed by atoms with van der Waals surface area (Å²) in [6.45, 7) is 2.05. The first kappa shape index (κ1) is 17.1. The molecule has 2 N–H and O–H groups in total. The highest BCUT2D eigenvalue weighted by atomic mass is 35.7. The fourth-order valence-corrected chi connectivity index (χ4v) is 1.46. The molecule has 2 rings (SSSR count). The van der Waals surface area contributed by atoms with Crippen LogP contribution in [-0.2, 0) is 4.74 Å². The highest BCUT2D eigenvalue weighted by Gasteiger charge is 2.15. The van der Waals surface area contributed by atoms with Crippen molar-refractivity contribution >= 4 is 16.9 Å². The van der Waals surface area contributed by atoms with Crippen molar-refractivity contribution in [2.45, 2.75) is 6.92 Å². The zero-order valence-corrected chi connectivity index (χ0v) is 11.7. The van der Waals surface area contributed by atoms with Crippen LogP contribution in [0, 0.1) is 10.2 Å². The number of fused-ring (bicyclic) bond motifs is 1. The van der Waals surface area contributed by atoms with Crippen LogP contribution in [0.15, 0.2) is 34.7 Å². The van der Waals surface area contributed by atoms with Crippen LogP contribution >= 0.6 is 0 Å². The zero-order valence-electron chi connectivity index (χ0n) is 10.9. The summed E-state index contributed by atoms with van der Waals surface area (Å²) in [5.74, 6) is -0.463.